The van der Waals surface area contributed by atoms with Gasteiger partial charge in [0.25, 0.3) is 0 Å². The minimum Gasteiger partial charge on any atom is -0.293 e. The van der Waals surface area contributed by atoms with Crippen LogP contribution in [0.3, 0.4) is 0 Å². The van der Waals surface area contributed by atoms with Crippen molar-refractivity contribution >= 4 is 5.78 Å². The quantitative estimate of drug-likeness (QED) is 0.453. The Balaban J connectivity index is 1.74. The van der Waals surface area contributed by atoms with Crippen LogP contribution >= 0.6 is 0 Å². The summed E-state index contributed by atoms with van der Waals surface area (Å²) in [5.74, 6) is 0.636. The number of benzene rings is 1. The first-order chi connectivity index (χ1) is 10.6. The molecule has 0 spiro atoms. The molecular weight excluding hydrogens is 278 g/mol. The van der Waals surface area contributed by atoms with E-state index >= 15 is 0 Å². The van der Waals surface area contributed by atoms with E-state index < -0.39 is 6.04 Å². The largest absolute Gasteiger partial charge is 0.293 e. The molecule has 4 unspecified atom stereocenters. The number of nitro groups is 1. The molecule has 4 nitrogen and oxygen atoms in total. The smallest absolute Gasteiger partial charge is 0.234 e. The van der Waals surface area contributed by atoms with Gasteiger partial charge in [0, 0.05) is 28.4 Å². The summed E-state index contributed by atoms with van der Waals surface area (Å²) in [5.41, 5.74) is 2.89. The Hall–Kier alpha value is -1.97. The van der Waals surface area contributed by atoms with E-state index in [2.05, 4.69) is 0 Å². The number of hydrogen-bond acceptors (Lipinski definition) is 3. The molecule has 1 fully saturated rings. The van der Waals surface area contributed by atoms with E-state index in [1.54, 1.807) is 0 Å². The van der Waals surface area contributed by atoms with Gasteiger partial charge in [0.1, 0.15) is 0 Å². The van der Waals surface area contributed by atoms with Gasteiger partial charge in [-0.15, -0.1) is 0 Å². The Morgan fingerprint density at radius 3 is 2.82 bits per heavy atom. The van der Waals surface area contributed by atoms with Crippen molar-refractivity contribution in [2.24, 2.45) is 17.8 Å². The minimum atomic E-state index is -0.565. The molecule has 0 N–H and O–H groups in total. The van der Waals surface area contributed by atoms with E-state index in [4.69, 9.17) is 0 Å². The number of allylic oxidation sites excluding steroid dienone is 1. The maximum atomic E-state index is 12.8. The van der Waals surface area contributed by atoms with E-state index in [1.165, 1.54) is 0 Å². The van der Waals surface area contributed by atoms with Crippen LogP contribution in [0.4, 0.5) is 0 Å². The molecule has 22 heavy (non-hydrogen) atoms. The standard InChI is InChI=1S/C18H19NO3/c20-18-14-6-2-1-4-11(14)8-13-9-12-5-3-7-17(19(21)22)15(12)10-16(13)18/h1-2,4,6,10,12-13,16-17H,3,5,7-9H2. The Bertz CT molecular complexity index is 679. The van der Waals surface area contributed by atoms with Crippen molar-refractivity contribution < 1.29 is 9.72 Å². The van der Waals surface area contributed by atoms with Crippen LogP contribution in [0.15, 0.2) is 35.9 Å². The first-order valence-electron chi connectivity index (χ1n) is 8.12. The SMILES string of the molecule is O=C1c2ccccc2CC2CC3CCCC([N+](=O)[O-])C3=CC12. The van der Waals surface area contributed by atoms with E-state index in [-0.39, 0.29) is 16.6 Å². The molecule has 0 amide bonds. The van der Waals surface area contributed by atoms with Gasteiger partial charge in [-0.1, -0.05) is 30.3 Å². The van der Waals surface area contributed by atoms with Crippen molar-refractivity contribution in [1.82, 2.24) is 0 Å². The average Bonchev–Trinajstić information content (AvgIpc) is 2.53. The van der Waals surface area contributed by atoms with E-state index in [0.717, 1.165) is 42.4 Å². The van der Waals surface area contributed by atoms with Crippen LogP contribution in [0.5, 0.6) is 0 Å². The van der Waals surface area contributed by atoms with Crippen LogP contribution in [0.2, 0.25) is 0 Å². The second-order valence-corrected chi connectivity index (χ2v) is 6.84. The number of carbonyl (C=O) groups excluding carboxylic acids is 1. The van der Waals surface area contributed by atoms with Crippen molar-refractivity contribution in [3.05, 3.63) is 57.2 Å². The summed E-state index contributed by atoms with van der Waals surface area (Å²) in [6, 6.07) is 7.26. The first kappa shape index (κ1) is 13.7. The van der Waals surface area contributed by atoms with Gasteiger partial charge >= 0.3 is 0 Å². The molecular formula is C18H19NO3. The van der Waals surface area contributed by atoms with Crippen molar-refractivity contribution in [2.75, 3.05) is 0 Å². The fourth-order valence-corrected chi connectivity index (χ4v) is 4.65. The summed E-state index contributed by atoms with van der Waals surface area (Å²) in [6.45, 7) is 0. The van der Waals surface area contributed by atoms with Gasteiger partial charge in [0.05, 0.1) is 0 Å². The molecule has 1 aromatic rings. The van der Waals surface area contributed by atoms with Crippen molar-refractivity contribution in [3.8, 4) is 0 Å². The number of nitrogens with zero attached hydrogens (tertiary/aromatic N) is 1. The van der Waals surface area contributed by atoms with Crippen LogP contribution in [0, 0.1) is 27.9 Å². The lowest BCUT2D eigenvalue weighted by Gasteiger charge is -2.40. The van der Waals surface area contributed by atoms with Crippen LogP contribution in [0.25, 0.3) is 0 Å². The highest BCUT2D eigenvalue weighted by molar-refractivity contribution is 6.01. The third-order valence-electron chi connectivity index (χ3n) is 5.68. The highest BCUT2D eigenvalue weighted by Crippen LogP contribution is 2.46. The third-order valence-corrected chi connectivity index (χ3v) is 5.68. The minimum absolute atomic E-state index is 0.151. The summed E-state index contributed by atoms with van der Waals surface area (Å²) in [7, 11) is 0. The monoisotopic (exact) mass is 297 g/mol. The van der Waals surface area contributed by atoms with Gasteiger partial charge in [-0.05, 0) is 43.1 Å². The highest BCUT2D eigenvalue weighted by Gasteiger charge is 2.44. The van der Waals surface area contributed by atoms with Crippen molar-refractivity contribution in [2.45, 2.75) is 38.1 Å². The zero-order valence-electron chi connectivity index (χ0n) is 12.4. The van der Waals surface area contributed by atoms with Crippen LogP contribution in [-0.4, -0.2) is 16.7 Å². The molecule has 3 aliphatic carbocycles. The van der Waals surface area contributed by atoms with Crippen LogP contribution in [-0.2, 0) is 6.42 Å². The predicted molar refractivity (Wildman–Crippen MR) is 82.3 cm³/mol. The van der Waals surface area contributed by atoms with Gasteiger partial charge < -0.3 is 0 Å². The van der Waals surface area contributed by atoms with Crippen LogP contribution in [0.1, 0.15) is 41.6 Å². The van der Waals surface area contributed by atoms with E-state index in [9.17, 15) is 14.9 Å². The molecule has 1 saturated carbocycles. The lowest BCUT2D eigenvalue weighted by Crippen LogP contribution is -2.40. The van der Waals surface area contributed by atoms with Crippen molar-refractivity contribution in [3.63, 3.8) is 0 Å². The summed E-state index contributed by atoms with van der Waals surface area (Å²) in [5, 5.41) is 11.3. The van der Waals surface area contributed by atoms with Gasteiger partial charge in [-0.3, -0.25) is 14.9 Å². The number of ketones is 1. The lowest BCUT2D eigenvalue weighted by atomic mass is 9.63. The van der Waals surface area contributed by atoms with Crippen LogP contribution < -0.4 is 0 Å². The Morgan fingerprint density at radius 2 is 2.00 bits per heavy atom. The van der Waals surface area contributed by atoms with E-state index in [0.29, 0.717) is 18.3 Å². The molecule has 0 aromatic heterocycles. The fraction of sp³-hybridized carbons (Fsp3) is 0.500. The third kappa shape index (κ3) is 2.01. The number of rotatable bonds is 1. The maximum absolute atomic E-state index is 12.8. The molecule has 0 bridgehead atoms. The Kier molecular flexibility index (Phi) is 3.13. The molecule has 1 aromatic carbocycles. The molecule has 4 rings (SSSR count). The average molecular weight is 297 g/mol. The summed E-state index contributed by atoms with van der Waals surface area (Å²) >= 11 is 0. The maximum Gasteiger partial charge on any atom is 0.234 e. The van der Waals surface area contributed by atoms with Gasteiger partial charge in [-0.2, -0.15) is 0 Å². The number of fused-ring (bicyclic) bond motifs is 3. The molecule has 114 valence electrons. The summed E-state index contributed by atoms with van der Waals surface area (Å²) in [6.07, 6.45) is 6.42. The molecule has 0 radical (unpaired) electrons. The Labute approximate surface area is 129 Å². The van der Waals surface area contributed by atoms with Gasteiger partial charge in [0.2, 0.25) is 6.04 Å². The molecule has 0 heterocycles. The fourth-order valence-electron chi connectivity index (χ4n) is 4.65. The molecule has 0 saturated heterocycles. The summed E-state index contributed by atoms with van der Waals surface area (Å²) < 4.78 is 0. The zero-order chi connectivity index (χ0) is 15.3. The normalized spacial score (nSPS) is 33.3. The lowest BCUT2D eigenvalue weighted by molar-refractivity contribution is -0.515. The van der Waals surface area contributed by atoms with Gasteiger partial charge in [0.15, 0.2) is 5.78 Å². The molecule has 3 aliphatic rings. The number of carbonyl (C=O) groups is 1. The predicted octanol–water partition coefficient (Wildman–Crippen LogP) is 3.43. The van der Waals surface area contributed by atoms with Crippen molar-refractivity contribution in [1.29, 1.82) is 0 Å². The van der Waals surface area contributed by atoms with Gasteiger partial charge in [-0.25, -0.2) is 0 Å². The van der Waals surface area contributed by atoms with E-state index in [1.807, 2.05) is 30.3 Å². The molecule has 4 heteroatoms. The Morgan fingerprint density at radius 1 is 1.18 bits per heavy atom. The molecule has 4 atom stereocenters. The first-order valence-corrected chi connectivity index (χ1v) is 8.12. The highest BCUT2D eigenvalue weighted by atomic mass is 16.6. The topological polar surface area (TPSA) is 60.2 Å². The zero-order valence-corrected chi connectivity index (χ0v) is 12.4. The number of hydrogen-bond donors (Lipinski definition) is 0. The summed E-state index contributed by atoms with van der Waals surface area (Å²) in [4.78, 5) is 24.0. The molecule has 0 aliphatic heterocycles. The second-order valence-electron chi connectivity index (χ2n) is 6.84. The number of Topliss-reactive ketones (excluding diaryl/α,β-unsaturated/α-hetero) is 1. The second kappa shape index (κ2) is 5.04.